The molecule has 2 amide bonds. The highest BCUT2D eigenvalue weighted by molar-refractivity contribution is 5.97. The van der Waals surface area contributed by atoms with E-state index in [0.29, 0.717) is 5.69 Å². The summed E-state index contributed by atoms with van der Waals surface area (Å²) < 4.78 is 5.36. The van der Waals surface area contributed by atoms with E-state index in [-0.39, 0.29) is 12.5 Å². The van der Waals surface area contributed by atoms with Gasteiger partial charge in [-0.05, 0) is 32.4 Å². The fourth-order valence-corrected chi connectivity index (χ4v) is 2.22. The Morgan fingerprint density at radius 3 is 2.60 bits per heavy atom. The number of amides is 2. The third-order valence-corrected chi connectivity index (χ3v) is 3.04. The van der Waals surface area contributed by atoms with Crippen LogP contribution < -0.4 is 16.2 Å². The molecule has 0 saturated heterocycles. The van der Waals surface area contributed by atoms with Crippen LogP contribution in [0.4, 0.5) is 10.5 Å². The van der Waals surface area contributed by atoms with Crippen molar-refractivity contribution in [3.05, 3.63) is 29.8 Å². The van der Waals surface area contributed by atoms with E-state index >= 15 is 0 Å². The molecule has 1 unspecified atom stereocenters. The summed E-state index contributed by atoms with van der Waals surface area (Å²) in [5, 5.41) is 0. The summed E-state index contributed by atoms with van der Waals surface area (Å²) >= 11 is 0. The first kappa shape index (κ1) is 14.3. The predicted molar refractivity (Wildman–Crippen MR) is 75.1 cm³/mol. The summed E-state index contributed by atoms with van der Waals surface area (Å²) in [5.41, 5.74) is 3.02. The van der Waals surface area contributed by atoms with Gasteiger partial charge in [-0.25, -0.2) is 10.6 Å². The fourth-order valence-electron chi connectivity index (χ4n) is 2.22. The molecule has 2 rings (SSSR count). The van der Waals surface area contributed by atoms with Crippen LogP contribution in [0.1, 0.15) is 32.3 Å². The zero-order valence-corrected chi connectivity index (χ0v) is 11.8. The molecule has 0 fully saturated rings. The average Bonchev–Trinajstić information content (AvgIpc) is 2.75. The van der Waals surface area contributed by atoms with E-state index in [9.17, 15) is 9.59 Å². The van der Waals surface area contributed by atoms with Gasteiger partial charge in [0.05, 0.1) is 11.6 Å². The van der Waals surface area contributed by atoms with Crippen molar-refractivity contribution < 1.29 is 14.3 Å². The van der Waals surface area contributed by atoms with Crippen molar-refractivity contribution in [2.75, 3.05) is 11.4 Å². The molecule has 0 radical (unpaired) electrons. The number of carbonyl (C=O) groups excluding carboxylic acids is 2. The highest BCUT2D eigenvalue weighted by Crippen LogP contribution is 2.36. The quantitative estimate of drug-likeness (QED) is 0.463. The lowest BCUT2D eigenvalue weighted by Gasteiger charge is -2.24. The van der Waals surface area contributed by atoms with E-state index < -0.39 is 17.6 Å². The van der Waals surface area contributed by atoms with Crippen molar-refractivity contribution in [1.29, 1.82) is 0 Å². The number of carbonyl (C=O) groups is 2. The summed E-state index contributed by atoms with van der Waals surface area (Å²) in [6.45, 7) is 5.64. The zero-order chi connectivity index (χ0) is 14.9. The molecule has 6 heteroatoms. The van der Waals surface area contributed by atoms with Crippen molar-refractivity contribution in [3.8, 4) is 0 Å². The summed E-state index contributed by atoms with van der Waals surface area (Å²) in [7, 11) is 0. The van der Waals surface area contributed by atoms with Gasteiger partial charge in [0.15, 0.2) is 0 Å². The second-order valence-corrected chi connectivity index (χ2v) is 5.71. The first-order valence-electron chi connectivity index (χ1n) is 6.43. The normalized spacial score (nSPS) is 17.6. The van der Waals surface area contributed by atoms with Crippen LogP contribution >= 0.6 is 0 Å². The fraction of sp³-hybridized carbons (Fsp3) is 0.429. The Morgan fingerprint density at radius 2 is 2.00 bits per heavy atom. The largest absolute Gasteiger partial charge is 0.443 e. The topological polar surface area (TPSA) is 84.7 Å². The van der Waals surface area contributed by atoms with Crippen LogP contribution in [0, 0.1) is 0 Å². The Morgan fingerprint density at radius 1 is 1.35 bits per heavy atom. The Bertz CT molecular complexity index is 537. The highest BCUT2D eigenvalue weighted by Gasteiger charge is 2.37. The lowest BCUT2D eigenvalue weighted by atomic mass is 10.0. The molecular formula is C14H19N3O3. The van der Waals surface area contributed by atoms with Gasteiger partial charge in [-0.15, -0.1) is 0 Å². The van der Waals surface area contributed by atoms with Crippen molar-refractivity contribution in [1.82, 2.24) is 5.43 Å². The molecular weight excluding hydrogens is 258 g/mol. The summed E-state index contributed by atoms with van der Waals surface area (Å²) in [5.74, 6) is 4.41. The molecule has 0 aliphatic carbocycles. The smallest absolute Gasteiger partial charge is 0.414 e. The predicted octanol–water partition coefficient (Wildman–Crippen LogP) is 1.52. The number of hydrogen-bond donors (Lipinski definition) is 2. The lowest BCUT2D eigenvalue weighted by molar-refractivity contribution is -0.122. The van der Waals surface area contributed by atoms with Gasteiger partial charge in [-0.2, -0.15) is 0 Å². The van der Waals surface area contributed by atoms with Crippen LogP contribution in [0.5, 0.6) is 0 Å². The SMILES string of the molecule is CC(C)(C)OC(=O)N1CC(C(=O)NN)c2ccccc21. The van der Waals surface area contributed by atoms with E-state index in [1.165, 1.54) is 4.90 Å². The first-order chi connectivity index (χ1) is 9.33. The second kappa shape index (κ2) is 5.13. The molecule has 1 aromatic carbocycles. The molecule has 0 saturated carbocycles. The van der Waals surface area contributed by atoms with Crippen molar-refractivity contribution in [2.45, 2.75) is 32.3 Å². The molecule has 1 aliphatic rings. The maximum absolute atomic E-state index is 12.2. The Hall–Kier alpha value is -2.08. The maximum Gasteiger partial charge on any atom is 0.414 e. The van der Waals surface area contributed by atoms with Gasteiger partial charge in [-0.3, -0.25) is 15.1 Å². The molecule has 6 nitrogen and oxygen atoms in total. The van der Waals surface area contributed by atoms with Crippen molar-refractivity contribution in [2.24, 2.45) is 5.84 Å². The molecule has 0 aromatic heterocycles. The van der Waals surface area contributed by atoms with E-state index in [1.807, 2.05) is 18.2 Å². The van der Waals surface area contributed by atoms with Crippen LogP contribution in [0.3, 0.4) is 0 Å². The highest BCUT2D eigenvalue weighted by atomic mass is 16.6. The Labute approximate surface area is 117 Å². The van der Waals surface area contributed by atoms with E-state index in [1.54, 1.807) is 26.8 Å². The maximum atomic E-state index is 12.2. The van der Waals surface area contributed by atoms with Gasteiger partial charge in [0.2, 0.25) is 5.91 Å². The number of nitrogens with one attached hydrogen (secondary N) is 1. The third kappa shape index (κ3) is 2.75. The molecule has 108 valence electrons. The molecule has 0 spiro atoms. The molecule has 3 N–H and O–H groups in total. The number of hydrogen-bond acceptors (Lipinski definition) is 4. The van der Waals surface area contributed by atoms with Gasteiger partial charge in [-0.1, -0.05) is 18.2 Å². The number of hydrazine groups is 1. The van der Waals surface area contributed by atoms with Crippen LogP contribution in [0.15, 0.2) is 24.3 Å². The molecule has 1 heterocycles. The minimum Gasteiger partial charge on any atom is -0.443 e. The number of para-hydroxylation sites is 1. The van der Waals surface area contributed by atoms with Crippen molar-refractivity contribution >= 4 is 17.7 Å². The number of nitrogens with zero attached hydrogens (tertiary/aromatic N) is 1. The third-order valence-electron chi connectivity index (χ3n) is 3.04. The van der Waals surface area contributed by atoms with Crippen LogP contribution in [0.25, 0.3) is 0 Å². The molecule has 1 atom stereocenters. The van der Waals surface area contributed by atoms with Gasteiger partial charge in [0.1, 0.15) is 5.60 Å². The monoisotopic (exact) mass is 277 g/mol. The molecule has 1 aliphatic heterocycles. The lowest BCUT2D eigenvalue weighted by Crippen LogP contribution is -2.40. The minimum atomic E-state index is -0.583. The molecule has 0 bridgehead atoms. The molecule has 20 heavy (non-hydrogen) atoms. The van der Waals surface area contributed by atoms with Gasteiger partial charge < -0.3 is 4.74 Å². The molecule has 1 aromatic rings. The Balaban J connectivity index is 2.30. The number of anilines is 1. The van der Waals surface area contributed by atoms with Gasteiger partial charge >= 0.3 is 6.09 Å². The summed E-state index contributed by atoms with van der Waals surface area (Å²) in [4.78, 5) is 25.5. The number of fused-ring (bicyclic) bond motifs is 1. The summed E-state index contributed by atoms with van der Waals surface area (Å²) in [6.07, 6.45) is -0.461. The number of ether oxygens (including phenoxy) is 1. The summed E-state index contributed by atoms with van der Waals surface area (Å²) in [6, 6.07) is 7.26. The average molecular weight is 277 g/mol. The standard InChI is InChI=1S/C14H19N3O3/c1-14(2,3)20-13(19)17-8-10(12(18)16-15)9-6-4-5-7-11(9)17/h4-7,10H,8,15H2,1-3H3,(H,16,18). The van der Waals surface area contributed by atoms with Crippen LogP contribution in [-0.4, -0.2) is 24.1 Å². The first-order valence-corrected chi connectivity index (χ1v) is 6.43. The van der Waals surface area contributed by atoms with Gasteiger partial charge in [0.25, 0.3) is 0 Å². The van der Waals surface area contributed by atoms with E-state index in [2.05, 4.69) is 5.43 Å². The Kier molecular flexibility index (Phi) is 3.67. The number of benzene rings is 1. The van der Waals surface area contributed by atoms with E-state index in [0.717, 1.165) is 5.56 Å². The number of nitrogens with two attached hydrogens (primary N) is 1. The van der Waals surface area contributed by atoms with Crippen molar-refractivity contribution in [3.63, 3.8) is 0 Å². The minimum absolute atomic E-state index is 0.233. The van der Waals surface area contributed by atoms with E-state index in [4.69, 9.17) is 10.6 Å². The van der Waals surface area contributed by atoms with Gasteiger partial charge in [0, 0.05) is 6.54 Å². The van der Waals surface area contributed by atoms with Crippen LogP contribution in [0.2, 0.25) is 0 Å². The second-order valence-electron chi connectivity index (χ2n) is 5.71. The van der Waals surface area contributed by atoms with Crippen LogP contribution in [-0.2, 0) is 9.53 Å². The zero-order valence-electron chi connectivity index (χ0n) is 11.8. The number of rotatable bonds is 1.